The molecular weight excluding hydrogens is 276 g/mol. The lowest BCUT2D eigenvalue weighted by Crippen LogP contribution is -1.93. The highest BCUT2D eigenvalue weighted by Crippen LogP contribution is 2.34. The summed E-state index contributed by atoms with van der Waals surface area (Å²) in [6.07, 6.45) is 1.22. The molecule has 0 aliphatic heterocycles. The molecular formula is C10H7BrN2O3. The van der Waals surface area contributed by atoms with Crippen LogP contribution < -0.4 is 4.74 Å². The Kier molecular flexibility index (Phi) is 2.74. The van der Waals surface area contributed by atoms with Crippen molar-refractivity contribution in [1.82, 2.24) is 4.98 Å². The van der Waals surface area contributed by atoms with Crippen LogP contribution in [-0.4, -0.2) is 17.0 Å². The first-order valence-electron chi connectivity index (χ1n) is 4.40. The van der Waals surface area contributed by atoms with Crippen molar-refractivity contribution in [1.29, 1.82) is 0 Å². The third kappa shape index (κ3) is 1.61. The average Bonchev–Trinajstić information content (AvgIpc) is 2.28. The van der Waals surface area contributed by atoms with Gasteiger partial charge in [0.05, 0.1) is 12.0 Å². The number of fused-ring (bicyclic) bond motifs is 1. The van der Waals surface area contributed by atoms with Gasteiger partial charge in [-0.05, 0) is 22.0 Å². The van der Waals surface area contributed by atoms with E-state index in [-0.39, 0.29) is 5.69 Å². The average molecular weight is 283 g/mol. The normalized spacial score (nSPS) is 10.4. The third-order valence-corrected chi connectivity index (χ3v) is 3.03. The highest BCUT2D eigenvalue weighted by atomic mass is 79.9. The number of benzene rings is 1. The van der Waals surface area contributed by atoms with E-state index in [4.69, 9.17) is 4.74 Å². The van der Waals surface area contributed by atoms with Gasteiger partial charge >= 0.3 is 5.69 Å². The molecule has 0 bridgehead atoms. The molecule has 0 N–H and O–H groups in total. The number of halogens is 1. The summed E-state index contributed by atoms with van der Waals surface area (Å²) < 4.78 is 5.55. The third-order valence-electron chi connectivity index (χ3n) is 2.19. The number of pyridine rings is 1. The van der Waals surface area contributed by atoms with Crippen LogP contribution >= 0.6 is 15.9 Å². The Hall–Kier alpha value is -1.69. The highest BCUT2D eigenvalue weighted by molar-refractivity contribution is 9.10. The number of hydrogen-bond acceptors (Lipinski definition) is 4. The fourth-order valence-electron chi connectivity index (χ4n) is 1.44. The van der Waals surface area contributed by atoms with Gasteiger partial charge in [-0.15, -0.1) is 0 Å². The molecule has 0 atom stereocenters. The predicted octanol–water partition coefficient (Wildman–Crippen LogP) is 2.91. The van der Waals surface area contributed by atoms with Crippen LogP contribution in [0.2, 0.25) is 0 Å². The number of methoxy groups -OCH3 is 1. The molecule has 0 spiro atoms. The summed E-state index contributed by atoms with van der Waals surface area (Å²) in [6.45, 7) is 0. The van der Waals surface area contributed by atoms with E-state index in [0.29, 0.717) is 21.1 Å². The minimum atomic E-state index is -0.476. The van der Waals surface area contributed by atoms with Crippen molar-refractivity contribution in [3.8, 4) is 5.75 Å². The molecule has 16 heavy (non-hydrogen) atoms. The van der Waals surface area contributed by atoms with Gasteiger partial charge in [0.15, 0.2) is 0 Å². The lowest BCUT2D eigenvalue weighted by Gasteiger charge is -2.05. The summed E-state index contributed by atoms with van der Waals surface area (Å²) in [7, 11) is 1.53. The second-order valence-corrected chi connectivity index (χ2v) is 3.86. The number of ether oxygens (including phenoxy) is 1. The van der Waals surface area contributed by atoms with E-state index in [9.17, 15) is 10.1 Å². The van der Waals surface area contributed by atoms with Crippen LogP contribution in [0.4, 0.5) is 5.69 Å². The lowest BCUT2D eigenvalue weighted by molar-refractivity contribution is -0.385. The van der Waals surface area contributed by atoms with Gasteiger partial charge in [0, 0.05) is 5.39 Å². The van der Waals surface area contributed by atoms with Crippen LogP contribution in [0.1, 0.15) is 0 Å². The fourth-order valence-corrected chi connectivity index (χ4v) is 2.01. The van der Waals surface area contributed by atoms with Crippen molar-refractivity contribution in [3.05, 3.63) is 39.0 Å². The molecule has 0 aliphatic carbocycles. The van der Waals surface area contributed by atoms with Gasteiger partial charge in [-0.25, -0.2) is 4.98 Å². The maximum Gasteiger partial charge on any atom is 0.302 e. The molecule has 0 radical (unpaired) electrons. The highest BCUT2D eigenvalue weighted by Gasteiger charge is 2.17. The topological polar surface area (TPSA) is 65.3 Å². The summed E-state index contributed by atoms with van der Waals surface area (Å²) in [5.41, 5.74) is 0.545. The van der Waals surface area contributed by atoms with Gasteiger partial charge in [-0.3, -0.25) is 10.1 Å². The molecule has 1 heterocycles. The number of rotatable bonds is 2. The molecule has 0 saturated carbocycles. The van der Waals surface area contributed by atoms with E-state index in [1.165, 1.54) is 13.3 Å². The standard InChI is InChI=1S/C10H7BrN2O3/c1-16-8-4-2-3-6-9(11)7(13(14)15)5-12-10(6)8/h2-5H,1H3. The van der Waals surface area contributed by atoms with Crippen molar-refractivity contribution >= 4 is 32.5 Å². The van der Waals surface area contributed by atoms with Gasteiger partial charge in [0.2, 0.25) is 0 Å². The van der Waals surface area contributed by atoms with Gasteiger partial charge < -0.3 is 4.74 Å². The number of hydrogen-bond donors (Lipinski definition) is 0. The van der Waals surface area contributed by atoms with Crippen molar-refractivity contribution in [3.63, 3.8) is 0 Å². The SMILES string of the molecule is COc1cccc2c(Br)c([N+](=O)[O-])cnc12. The molecule has 6 heteroatoms. The first-order valence-corrected chi connectivity index (χ1v) is 5.20. The molecule has 0 amide bonds. The van der Waals surface area contributed by atoms with Crippen molar-refractivity contribution < 1.29 is 9.66 Å². The fraction of sp³-hybridized carbons (Fsp3) is 0.100. The van der Waals surface area contributed by atoms with Gasteiger partial charge in [-0.1, -0.05) is 12.1 Å². The van der Waals surface area contributed by atoms with Crippen molar-refractivity contribution in [2.75, 3.05) is 7.11 Å². The first-order chi connectivity index (χ1) is 7.65. The molecule has 1 aromatic heterocycles. The zero-order valence-electron chi connectivity index (χ0n) is 8.31. The minimum absolute atomic E-state index is 0.0549. The smallest absolute Gasteiger partial charge is 0.302 e. The second-order valence-electron chi connectivity index (χ2n) is 3.07. The van der Waals surface area contributed by atoms with Crippen LogP contribution in [-0.2, 0) is 0 Å². The molecule has 0 unspecified atom stereocenters. The summed E-state index contributed by atoms with van der Waals surface area (Å²) in [6, 6.07) is 5.27. The van der Waals surface area contributed by atoms with Crippen LogP contribution in [0.15, 0.2) is 28.9 Å². The van der Waals surface area contributed by atoms with Gasteiger partial charge in [-0.2, -0.15) is 0 Å². The Morgan fingerprint density at radius 1 is 1.50 bits per heavy atom. The number of nitro groups is 1. The predicted molar refractivity (Wildman–Crippen MR) is 62.6 cm³/mol. The van der Waals surface area contributed by atoms with Crippen LogP contribution in [0.3, 0.4) is 0 Å². The van der Waals surface area contributed by atoms with E-state index in [1.54, 1.807) is 18.2 Å². The maximum absolute atomic E-state index is 10.7. The molecule has 0 aliphatic rings. The van der Waals surface area contributed by atoms with Crippen LogP contribution in [0, 0.1) is 10.1 Å². The molecule has 82 valence electrons. The zero-order chi connectivity index (χ0) is 11.7. The van der Waals surface area contributed by atoms with E-state index in [0.717, 1.165) is 0 Å². The maximum atomic E-state index is 10.7. The zero-order valence-corrected chi connectivity index (χ0v) is 9.89. The Morgan fingerprint density at radius 3 is 2.88 bits per heavy atom. The Bertz CT molecular complexity index is 571. The Morgan fingerprint density at radius 2 is 2.25 bits per heavy atom. The van der Waals surface area contributed by atoms with Gasteiger partial charge in [0.1, 0.15) is 21.9 Å². The molecule has 2 rings (SSSR count). The van der Waals surface area contributed by atoms with E-state index in [2.05, 4.69) is 20.9 Å². The minimum Gasteiger partial charge on any atom is -0.494 e. The van der Waals surface area contributed by atoms with Crippen LogP contribution in [0.5, 0.6) is 5.75 Å². The van der Waals surface area contributed by atoms with E-state index in [1.807, 2.05) is 0 Å². The largest absolute Gasteiger partial charge is 0.494 e. The summed E-state index contributed by atoms with van der Waals surface area (Å²) in [5, 5.41) is 11.4. The van der Waals surface area contributed by atoms with Crippen molar-refractivity contribution in [2.45, 2.75) is 0 Å². The Balaban J connectivity index is 2.81. The van der Waals surface area contributed by atoms with Crippen LogP contribution in [0.25, 0.3) is 10.9 Å². The molecule has 2 aromatic rings. The van der Waals surface area contributed by atoms with E-state index < -0.39 is 4.92 Å². The summed E-state index contributed by atoms with van der Waals surface area (Å²) in [4.78, 5) is 14.3. The summed E-state index contributed by atoms with van der Waals surface area (Å²) >= 11 is 3.21. The monoisotopic (exact) mass is 282 g/mol. The summed E-state index contributed by atoms with van der Waals surface area (Å²) in [5.74, 6) is 0.591. The number of nitrogens with zero attached hydrogens (tertiary/aromatic N) is 2. The molecule has 1 aromatic carbocycles. The number of aromatic nitrogens is 1. The molecule has 0 saturated heterocycles. The van der Waals surface area contributed by atoms with Gasteiger partial charge in [0.25, 0.3) is 0 Å². The van der Waals surface area contributed by atoms with Crippen molar-refractivity contribution in [2.24, 2.45) is 0 Å². The second kappa shape index (κ2) is 4.05. The molecule has 0 fully saturated rings. The lowest BCUT2D eigenvalue weighted by atomic mass is 10.2. The quantitative estimate of drug-likeness (QED) is 0.628. The number of para-hydroxylation sites is 1. The molecule has 5 nitrogen and oxygen atoms in total. The first kappa shape index (κ1) is 10.8. The Labute approximate surface area is 99.3 Å². The van der Waals surface area contributed by atoms with E-state index >= 15 is 0 Å².